The van der Waals surface area contributed by atoms with Crippen LogP contribution in [-0.2, 0) is 4.79 Å². The molecule has 0 radical (unpaired) electrons. The Morgan fingerprint density at radius 2 is 1.87 bits per heavy atom. The number of amides is 1. The number of phenols is 1. The zero-order valence-corrected chi connectivity index (χ0v) is 12.1. The summed E-state index contributed by atoms with van der Waals surface area (Å²) in [5, 5.41) is 19.0. The minimum Gasteiger partial charge on any atom is -0.507 e. The summed E-state index contributed by atoms with van der Waals surface area (Å²) in [7, 11) is 0. The third kappa shape index (κ3) is 2.60. The van der Waals surface area contributed by atoms with Gasteiger partial charge in [0.1, 0.15) is 12.5 Å². The number of para-hydroxylation sites is 2. The molecule has 0 aromatic heterocycles. The van der Waals surface area contributed by atoms with E-state index in [4.69, 9.17) is 0 Å². The minimum atomic E-state index is -0.867. The molecule has 1 atom stereocenters. The fraction of sp³-hybridized carbons (Fsp3) is 0.118. The largest absolute Gasteiger partial charge is 0.507 e. The number of hydrogen-bond acceptors (Lipinski definition) is 5. The van der Waals surface area contributed by atoms with E-state index >= 15 is 0 Å². The molecule has 6 heteroatoms. The first-order valence-electron chi connectivity index (χ1n) is 7.00. The highest BCUT2D eigenvalue weighted by molar-refractivity contribution is 6.36. The van der Waals surface area contributed by atoms with Crippen molar-refractivity contribution in [2.75, 3.05) is 11.6 Å². The maximum Gasteiger partial charge on any atom is 0.258 e. The average molecular weight is 310 g/mol. The van der Waals surface area contributed by atoms with Crippen LogP contribution in [0.1, 0.15) is 22.0 Å². The summed E-state index contributed by atoms with van der Waals surface area (Å²) in [6, 6.07) is 12.2. The normalized spacial score (nSPS) is 16.8. The van der Waals surface area contributed by atoms with E-state index in [2.05, 4.69) is 4.99 Å². The molecule has 0 bridgehead atoms. The first-order valence-corrected chi connectivity index (χ1v) is 7.00. The van der Waals surface area contributed by atoms with E-state index < -0.39 is 24.5 Å². The van der Waals surface area contributed by atoms with Crippen molar-refractivity contribution in [2.24, 2.45) is 4.99 Å². The van der Waals surface area contributed by atoms with Crippen molar-refractivity contribution in [3.05, 3.63) is 59.7 Å². The molecule has 0 fully saturated rings. The average Bonchev–Trinajstić information content (AvgIpc) is 2.84. The van der Waals surface area contributed by atoms with Gasteiger partial charge in [-0.05, 0) is 18.2 Å². The monoisotopic (exact) mass is 310 g/mol. The van der Waals surface area contributed by atoms with Crippen molar-refractivity contribution < 1.29 is 19.8 Å². The van der Waals surface area contributed by atoms with Crippen molar-refractivity contribution in [1.82, 2.24) is 0 Å². The number of benzene rings is 2. The van der Waals surface area contributed by atoms with Crippen LogP contribution in [0.25, 0.3) is 0 Å². The molecule has 23 heavy (non-hydrogen) atoms. The first kappa shape index (κ1) is 14.9. The summed E-state index contributed by atoms with van der Waals surface area (Å²) >= 11 is 0. The lowest BCUT2D eigenvalue weighted by Crippen LogP contribution is -2.29. The Bertz CT molecular complexity index is 801. The van der Waals surface area contributed by atoms with E-state index in [0.717, 1.165) is 6.21 Å². The number of ketones is 1. The molecule has 6 nitrogen and oxygen atoms in total. The van der Waals surface area contributed by atoms with Crippen LogP contribution < -0.4 is 4.90 Å². The number of Topliss-reactive ketones (excluding diaryl/α,β-unsaturated/α-hetero) is 1. The lowest BCUT2D eigenvalue weighted by molar-refractivity contribution is -0.119. The van der Waals surface area contributed by atoms with Crippen LogP contribution in [0.15, 0.2) is 53.5 Å². The molecule has 0 saturated carbocycles. The molecule has 2 N–H and O–H groups in total. The van der Waals surface area contributed by atoms with Crippen molar-refractivity contribution in [1.29, 1.82) is 0 Å². The second-order valence-electron chi connectivity index (χ2n) is 5.03. The van der Waals surface area contributed by atoms with Crippen LogP contribution in [0.5, 0.6) is 5.75 Å². The van der Waals surface area contributed by atoms with Crippen molar-refractivity contribution in [2.45, 2.75) is 6.04 Å². The molecule has 1 amide bonds. The number of fused-ring (bicyclic) bond motifs is 1. The standard InChI is InChI=1S/C17H14N2O4/c20-10-19-13-7-3-1-5-11(13)16(17(19)23)18-9-15(22)12-6-2-4-8-14(12)21/h1-9,16,20-21H,10H2. The summed E-state index contributed by atoms with van der Waals surface area (Å²) < 4.78 is 0. The Hall–Kier alpha value is -2.99. The maximum atomic E-state index is 12.3. The molecule has 1 unspecified atom stereocenters. The zero-order chi connectivity index (χ0) is 16.4. The van der Waals surface area contributed by atoms with Crippen LogP contribution >= 0.6 is 0 Å². The van der Waals surface area contributed by atoms with Crippen LogP contribution in [0.2, 0.25) is 0 Å². The van der Waals surface area contributed by atoms with Gasteiger partial charge in [0.25, 0.3) is 5.91 Å². The quantitative estimate of drug-likeness (QED) is 0.664. The van der Waals surface area contributed by atoms with E-state index in [0.29, 0.717) is 11.3 Å². The summed E-state index contributed by atoms with van der Waals surface area (Å²) in [5.41, 5.74) is 1.33. The number of aliphatic hydroxyl groups is 1. The second kappa shape index (κ2) is 6.02. The highest BCUT2D eigenvalue weighted by Crippen LogP contribution is 2.37. The molecule has 0 saturated heterocycles. The molecule has 1 heterocycles. The predicted octanol–water partition coefficient (Wildman–Crippen LogP) is 1.68. The molecule has 3 rings (SSSR count). The number of carbonyl (C=O) groups is 2. The van der Waals surface area contributed by atoms with Gasteiger partial charge in [0.2, 0.25) is 5.78 Å². The number of anilines is 1. The number of aliphatic hydroxyl groups excluding tert-OH is 1. The molecular formula is C17H14N2O4. The van der Waals surface area contributed by atoms with Gasteiger partial charge in [0, 0.05) is 5.56 Å². The Kier molecular flexibility index (Phi) is 3.91. The fourth-order valence-electron chi connectivity index (χ4n) is 2.55. The van der Waals surface area contributed by atoms with E-state index in [1.807, 2.05) is 0 Å². The third-order valence-electron chi connectivity index (χ3n) is 3.67. The molecule has 0 spiro atoms. The number of nitrogens with zero attached hydrogens (tertiary/aromatic N) is 2. The molecule has 116 valence electrons. The van der Waals surface area contributed by atoms with Crippen molar-refractivity contribution in [3.63, 3.8) is 0 Å². The number of hydrogen-bond donors (Lipinski definition) is 2. The van der Waals surface area contributed by atoms with Crippen molar-refractivity contribution in [3.8, 4) is 5.75 Å². The van der Waals surface area contributed by atoms with Gasteiger partial charge in [0.15, 0.2) is 6.04 Å². The smallest absolute Gasteiger partial charge is 0.258 e. The highest BCUT2D eigenvalue weighted by atomic mass is 16.3. The Labute approximate surface area is 132 Å². The summed E-state index contributed by atoms with van der Waals surface area (Å²) in [4.78, 5) is 29.7. The van der Waals surface area contributed by atoms with Gasteiger partial charge in [-0.3, -0.25) is 19.5 Å². The molecule has 2 aromatic rings. The van der Waals surface area contributed by atoms with Gasteiger partial charge in [0.05, 0.1) is 17.5 Å². The Balaban J connectivity index is 1.90. The Morgan fingerprint density at radius 1 is 1.17 bits per heavy atom. The summed E-state index contributed by atoms with van der Waals surface area (Å²) in [5.74, 6) is -1.02. The summed E-state index contributed by atoms with van der Waals surface area (Å²) in [6.45, 7) is -0.449. The van der Waals surface area contributed by atoms with E-state index in [9.17, 15) is 19.8 Å². The van der Waals surface area contributed by atoms with Crippen LogP contribution in [0, 0.1) is 0 Å². The molecular weight excluding hydrogens is 296 g/mol. The van der Waals surface area contributed by atoms with Gasteiger partial charge >= 0.3 is 0 Å². The topological polar surface area (TPSA) is 90.2 Å². The highest BCUT2D eigenvalue weighted by Gasteiger charge is 2.36. The van der Waals surface area contributed by atoms with Gasteiger partial charge in [-0.2, -0.15) is 0 Å². The number of phenolic OH excluding ortho intramolecular Hbond substituents is 1. The van der Waals surface area contributed by atoms with Gasteiger partial charge < -0.3 is 10.2 Å². The molecule has 1 aliphatic rings. The van der Waals surface area contributed by atoms with Crippen LogP contribution in [0.3, 0.4) is 0 Å². The molecule has 1 aliphatic heterocycles. The minimum absolute atomic E-state index is 0.119. The van der Waals surface area contributed by atoms with Gasteiger partial charge in [-0.25, -0.2) is 0 Å². The van der Waals surface area contributed by atoms with E-state index in [1.165, 1.54) is 17.0 Å². The lowest BCUT2D eigenvalue weighted by atomic mass is 10.1. The molecule has 2 aromatic carbocycles. The third-order valence-corrected chi connectivity index (χ3v) is 3.67. The maximum absolute atomic E-state index is 12.3. The first-order chi connectivity index (χ1) is 11.1. The number of rotatable bonds is 4. The molecule has 0 aliphatic carbocycles. The number of aromatic hydroxyl groups is 1. The van der Waals surface area contributed by atoms with Crippen LogP contribution in [-0.4, -0.2) is 34.8 Å². The number of aliphatic imine (C=N–C) groups is 1. The van der Waals surface area contributed by atoms with E-state index in [1.54, 1.807) is 36.4 Å². The Morgan fingerprint density at radius 3 is 2.61 bits per heavy atom. The zero-order valence-electron chi connectivity index (χ0n) is 12.1. The lowest BCUT2D eigenvalue weighted by Gasteiger charge is -2.12. The van der Waals surface area contributed by atoms with Crippen LogP contribution in [0.4, 0.5) is 5.69 Å². The SMILES string of the molecule is O=C(C=NC1C(=O)N(CO)c2ccccc21)c1ccccc1O. The summed E-state index contributed by atoms with van der Waals surface area (Å²) in [6.07, 6.45) is 1.04. The second-order valence-corrected chi connectivity index (χ2v) is 5.03. The predicted molar refractivity (Wildman–Crippen MR) is 84.7 cm³/mol. The van der Waals surface area contributed by atoms with Crippen molar-refractivity contribution >= 4 is 23.6 Å². The number of carbonyl (C=O) groups excluding carboxylic acids is 2. The van der Waals surface area contributed by atoms with Gasteiger partial charge in [-0.15, -0.1) is 0 Å². The van der Waals surface area contributed by atoms with Gasteiger partial charge in [-0.1, -0.05) is 30.3 Å². The fourth-order valence-corrected chi connectivity index (χ4v) is 2.55. The van der Waals surface area contributed by atoms with E-state index in [-0.39, 0.29) is 11.3 Å².